The van der Waals surface area contributed by atoms with Crippen molar-refractivity contribution < 1.29 is 9.84 Å². The molecule has 22 heavy (non-hydrogen) atoms. The van der Waals surface area contributed by atoms with Gasteiger partial charge in [-0.1, -0.05) is 35.3 Å². The Labute approximate surface area is 139 Å². The van der Waals surface area contributed by atoms with Crippen molar-refractivity contribution in [2.75, 3.05) is 13.2 Å². The van der Waals surface area contributed by atoms with E-state index in [1.165, 1.54) is 0 Å². The highest BCUT2D eigenvalue weighted by Crippen LogP contribution is 2.45. The maximum atomic E-state index is 11.0. The van der Waals surface area contributed by atoms with Crippen LogP contribution in [0.25, 0.3) is 0 Å². The lowest BCUT2D eigenvalue weighted by atomic mass is 9.69. The number of benzene rings is 1. The lowest BCUT2D eigenvalue weighted by molar-refractivity contribution is -0.0187. The van der Waals surface area contributed by atoms with Crippen molar-refractivity contribution in [1.82, 2.24) is 4.98 Å². The van der Waals surface area contributed by atoms with E-state index in [4.69, 9.17) is 27.9 Å². The summed E-state index contributed by atoms with van der Waals surface area (Å²) in [4.78, 5) is 4.31. The van der Waals surface area contributed by atoms with E-state index in [1.54, 1.807) is 12.3 Å². The number of aliphatic hydroxyl groups excluding tert-OH is 1. The van der Waals surface area contributed by atoms with E-state index in [0.717, 1.165) is 5.56 Å². The normalized spacial score (nSPS) is 18.9. The van der Waals surface area contributed by atoms with E-state index < -0.39 is 11.5 Å². The number of ether oxygens (including phenoxy) is 1. The Kier molecular flexibility index (Phi) is 4.69. The molecule has 1 N–H and O–H groups in total. The van der Waals surface area contributed by atoms with Crippen LogP contribution in [0.4, 0.5) is 0 Å². The molecule has 1 saturated heterocycles. The SMILES string of the molecule is O[C@H](c1ccccn1)C1(c2ccc(Cl)c(Cl)c2)CCOCC1. The van der Waals surface area contributed by atoms with Crippen LogP contribution >= 0.6 is 23.2 Å². The van der Waals surface area contributed by atoms with Crippen LogP contribution < -0.4 is 0 Å². The lowest BCUT2D eigenvalue weighted by Gasteiger charge is -2.41. The number of aromatic nitrogens is 1. The molecule has 0 bridgehead atoms. The molecule has 1 aliphatic rings. The summed E-state index contributed by atoms with van der Waals surface area (Å²) in [5.41, 5.74) is 1.18. The van der Waals surface area contributed by atoms with Gasteiger partial charge in [0.25, 0.3) is 0 Å². The second-order valence-corrected chi connectivity index (χ2v) is 6.37. The van der Waals surface area contributed by atoms with Crippen molar-refractivity contribution in [1.29, 1.82) is 0 Å². The van der Waals surface area contributed by atoms with Crippen molar-refractivity contribution >= 4 is 23.2 Å². The summed E-state index contributed by atoms with van der Waals surface area (Å²) in [6.07, 6.45) is 2.40. The Hall–Kier alpha value is -1.13. The van der Waals surface area contributed by atoms with Crippen LogP contribution in [0.5, 0.6) is 0 Å². The highest BCUT2D eigenvalue weighted by molar-refractivity contribution is 6.42. The maximum Gasteiger partial charge on any atom is 0.106 e. The molecular formula is C17H17Cl2NO2. The first-order valence-electron chi connectivity index (χ1n) is 7.26. The third-order valence-electron chi connectivity index (χ3n) is 4.37. The summed E-state index contributed by atoms with van der Waals surface area (Å²) in [5.74, 6) is 0. The van der Waals surface area contributed by atoms with Crippen LogP contribution in [0, 0.1) is 0 Å². The van der Waals surface area contributed by atoms with E-state index in [2.05, 4.69) is 4.98 Å². The van der Waals surface area contributed by atoms with Gasteiger partial charge < -0.3 is 9.84 Å². The molecule has 3 nitrogen and oxygen atoms in total. The number of hydrogen-bond donors (Lipinski definition) is 1. The minimum absolute atomic E-state index is 0.458. The van der Waals surface area contributed by atoms with Crippen molar-refractivity contribution in [2.45, 2.75) is 24.4 Å². The summed E-state index contributed by atoms with van der Waals surface area (Å²) in [7, 11) is 0. The molecule has 2 aromatic rings. The van der Waals surface area contributed by atoms with Crippen LogP contribution in [0.2, 0.25) is 10.0 Å². The van der Waals surface area contributed by atoms with Gasteiger partial charge in [-0.2, -0.15) is 0 Å². The Balaban J connectivity index is 2.06. The highest BCUT2D eigenvalue weighted by atomic mass is 35.5. The second-order valence-electron chi connectivity index (χ2n) is 5.55. The molecule has 0 aliphatic carbocycles. The Morgan fingerprint density at radius 3 is 2.50 bits per heavy atom. The van der Waals surface area contributed by atoms with Gasteiger partial charge in [0.05, 0.1) is 15.7 Å². The predicted octanol–water partition coefficient (Wildman–Crippen LogP) is 4.17. The van der Waals surface area contributed by atoms with Gasteiger partial charge in [0, 0.05) is 24.8 Å². The molecule has 0 spiro atoms. The molecule has 3 rings (SSSR count). The van der Waals surface area contributed by atoms with Gasteiger partial charge in [-0.3, -0.25) is 4.98 Å². The van der Waals surface area contributed by atoms with Gasteiger partial charge in [0.1, 0.15) is 6.10 Å². The predicted molar refractivity (Wildman–Crippen MR) is 87.4 cm³/mol. The van der Waals surface area contributed by atoms with Crippen LogP contribution in [-0.2, 0) is 10.2 Å². The van der Waals surface area contributed by atoms with Gasteiger partial charge in [0.15, 0.2) is 0 Å². The van der Waals surface area contributed by atoms with E-state index in [0.29, 0.717) is 41.8 Å². The molecule has 0 amide bonds. The van der Waals surface area contributed by atoms with Crippen LogP contribution in [0.1, 0.15) is 30.2 Å². The zero-order valence-electron chi connectivity index (χ0n) is 12.0. The molecule has 5 heteroatoms. The maximum absolute atomic E-state index is 11.0. The fraction of sp³-hybridized carbons (Fsp3) is 0.353. The monoisotopic (exact) mass is 337 g/mol. The van der Waals surface area contributed by atoms with Gasteiger partial charge in [-0.05, 0) is 42.7 Å². The third-order valence-corrected chi connectivity index (χ3v) is 5.11. The zero-order chi connectivity index (χ0) is 15.6. The first-order valence-corrected chi connectivity index (χ1v) is 8.01. The number of nitrogens with zero attached hydrogens (tertiary/aromatic N) is 1. The number of aliphatic hydroxyl groups is 1. The molecule has 116 valence electrons. The Morgan fingerprint density at radius 2 is 1.86 bits per heavy atom. The minimum atomic E-state index is -0.713. The van der Waals surface area contributed by atoms with Crippen LogP contribution in [-0.4, -0.2) is 23.3 Å². The molecule has 2 heterocycles. The van der Waals surface area contributed by atoms with Crippen LogP contribution in [0.3, 0.4) is 0 Å². The first-order chi connectivity index (χ1) is 10.6. The highest BCUT2D eigenvalue weighted by Gasteiger charge is 2.42. The molecule has 1 aromatic heterocycles. The Bertz CT molecular complexity index is 642. The van der Waals surface area contributed by atoms with Gasteiger partial charge in [-0.25, -0.2) is 0 Å². The standard InChI is InChI=1S/C17H17Cl2NO2/c18-13-5-4-12(11-14(13)19)17(6-9-22-10-7-17)16(21)15-3-1-2-8-20-15/h1-5,8,11,16,21H,6-7,9-10H2/t16-/m1/s1. The summed E-state index contributed by atoms with van der Waals surface area (Å²) >= 11 is 12.2. The first kappa shape index (κ1) is 15.8. The van der Waals surface area contributed by atoms with Gasteiger partial charge >= 0.3 is 0 Å². The quantitative estimate of drug-likeness (QED) is 0.913. The largest absolute Gasteiger partial charge is 0.386 e. The molecule has 0 saturated carbocycles. The molecule has 1 atom stereocenters. The van der Waals surface area contributed by atoms with Crippen LogP contribution in [0.15, 0.2) is 42.6 Å². The molecule has 1 aromatic carbocycles. The topological polar surface area (TPSA) is 42.4 Å². The number of rotatable bonds is 3. The third kappa shape index (κ3) is 2.86. The van der Waals surface area contributed by atoms with Crippen molar-refractivity contribution in [3.8, 4) is 0 Å². The average molecular weight is 338 g/mol. The summed E-state index contributed by atoms with van der Waals surface area (Å²) in [6, 6.07) is 11.1. The summed E-state index contributed by atoms with van der Waals surface area (Å²) < 4.78 is 5.50. The molecular weight excluding hydrogens is 321 g/mol. The fourth-order valence-electron chi connectivity index (χ4n) is 3.08. The van der Waals surface area contributed by atoms with Gasteiger partial charge in [0.2, 0.25) is 0 Å². The molecule has 1 aliphatic heterocycles. The van der Waals surface area contributed by atoms with E-state index >= 15 is 0 Å². The fourth-order valence-corrected chi connectivity index (χ4v) is 3.38. The number of halogens is 2. The molecule has 0 radical (unpaired) electrons. The lowest BCUT2D eigenvalue weighted by Crippen LogP contribution is -2.40. The summed E-state index contributed by atoms with van der Waals surface area (Å²) in [6.45, 7) is 1.20. The number of hydrogen-bond acceptors (Lipinski definition) is 3. The van der Waals surface area contributed by atoms with Crippen molar-refractivity contribution in [3.63, 3.8) is 0 Å². The molecule has 1 fully saturated rings. The van der Waals surface area contributed by atoms with Crippen molar-refractivity contribution in [2.24, 2.45) is 0 Å². The smallest absolute Gasteiger partial charge is 0.106 e. The Morgan fingerprint density at radius 1 is 1.09 bits per heavy atom. The number of pyridine rings is 1. The van der Waals surface area contributed by atoms with E-state index in [1.807, 2.05) is 30.3 Å². The molecule has 0 unspecified atom stereocenters. The minimum Gasteiger partial charge on any atom is -0.386 e. The van der Waals surface area contributed by atoms with Gasteiger partial charge in [-0.15, -0.1) is 0 Å². The second kappa shape index (κ2) is 6.55. The average Bonchev–Trinajstić information content (AvgIpc) is 2.58. The zero-order valence-corrected chi connectivity index (χ0v) is 13.5. The summed E-state index contributed by atoms with van der Waals surface area (Å²) in [5, 5.41) is 12.0. The van der Waals surface area contributed by atoms with Crippen molar-refractivity contribution in [3.05, 3.63) is 63.9 Å². The van der Waals surface area contributed by atoms with E-state index in [9.17, 15) is 5.11 Å². The van der Waals surface area contributed by atoms with E-state index in [-0.39, 0.29) is 0 Å².